The average Bonchev–Trinajstić information content (AvgIpc) is 2.21. The zero-order valence-corrected chi connectivity index (χ0v) is 12.3. The van der Waals surface area contributed by atoms with Gasteiger partial charge in [0.2, 0.25) is 0 Å². The second-order valence-electron chi connectivity index (χ2n) is 1.55. The van der Waals surface area contributed by atoms with Crippen LogP contribution in [0.4, 0.5) is 0 Å². The molecular weight excluding hydrogens is 407 g/mol. The number of hydrogen-bond acceptors (Lipinski definition) is 4. The van der Waals surface area contributed by atoms with Crippen LogP contribution in [0.15, 0.2) is 33.7 Å². The molecule has 0 aliphatic carbocycles. The molecule has 0 aromatic heterocycles. The highest BCUT2D eigenvalue weighted by atomic mass is 79.9. The van der Waals surface area contributed by atoms with Gasteiger partial charge in [-0.2, -0.15) is 4.57 Å². The molecule has 0 saturated heterocycles. The van der Waals surface area contributed by atoms with Gasteiger partial charge in [0.05, 0.1) is 0 Å². The summed E-state index contributed by atoms with van der Waals surface area (Å²) in [6, 6.07) is 0. The molecule has 14 heavy (non-hydrogen) atoms. The number of phosphoric ester groups is 1. The lowest BCUT2D eigenvalue weighted by atomic mass is 11.2. The zero-order chi connectivity index (χ0) is 10.9. The molecule has 80 valence electrons. The molecule has 8 heteroatoms. The first-order chi connectivity index (χ1) is 6.68. The number of halogens is 3. The van der Waals surface area contributed by atoms with Crippen molar-refractivity contribution in [2.24, 2.45) is 0 Å². The standard InChI is InChI=1S/C6H6Br3O4P/c7-1-4-11-14(10,12-5-2-8)13-6-3-9/h1-6H/b4-1+,5-2+,6-3+. The number of rotatable bonds is 6. The lowest BCUT2D eigenvalue weighted by Crippen LogP contribution is -1.87. The average molecular weight is 413 g/mol. The van der Waals surface area contributed by atoms with Crippen molar-refractivity contribution in [2.75, 3.05) is 0 Å². The smallest absolute Gasteiger partial charge is 0.393 e. The van der Waals surface area contributed by atoms with Gasteiger partial charge in [0.1, 0.15) is 18.8 Å². The van der Waals surface area contributed by atoms with Crippen molar-refractivity contribution in [1.82, 2.24) is 0 Å². The van der Waals surface area contributed by atoms with Gasteiger partial charge in [-0.05, 0) is 0 Å². The maximum Gasteiger partial charge on any atom is 0.645 e. The van der Waals surface area contributed by atoms with E-state index in [0.29, 0.717) is 0 Å². The molecule has 0 aliphatic heterocycles. The molecule has 0 spiro atoms. The van der Waals surface area contributed by atoms with E-state index in [2.05, 4.69) is 47.8 Å². The summed E-state index contributed by atoms with van der Waals surface area (Å²) in [6.45, 7) is 0. The number of hydrogen-bond donors (Lipinski definition) is 0. The van der Waals surface area contributed by atoms with Crippen molar-refractivity contribution in [1.29, 1.82) is 0 Å². The van der Waals surface area contributed by atoms with Crippen molar-refractivity contribution >= 4 is 55.6 Å². The summed E-state index contributed by atoms with van der Waals surface area (Å²) < 4.78 is 25.8. The largest absolute Gasteiger partial charge is 0.645 e. The fraction of sp³-hybridized carbons (Fsp3) is 0. The van der Waals surface area contributed by atoms with Gasteiger partial charge in [0.25, 0.3) is 0 Å². The van der Waals surface area contributed by atoms with E-state index in [0.717, 1.165) is 18.8 Å². The molecular formula is C6H6Br3O4P. The Bertz CT molecular complexity index is 233. The predicted molar refractivity (Wildman–Crippen MR) is 65.1 cm³/mol. The van der Waals surface area contributed by atoms with Crippen LogP contribution in [0.1, 0.15) is 0 Å². The van der Waals surface area contributed by atoms with Crippen LogP contribution in [0.3, 0.4) is 0 Å². The molecule has 0 aromatic rings. The Morgan fingerprint density at radius 2 is 1.07 bits per heavy atom. The second-order valence-corrected chi connectivity index (χ2v) is 4.66. The van der Waals surface area contributed by atoms with Crippen LogP contribution >= 0.6 is 55.6 Å². The van der Waals surface area contributed by atoms with E-state index in [4.69, 9.17) is 13.6 Å². The van der Waals surface area contributed by atoms with E-state index in [1.807, 2.05) is 0 Å². The number of phosphoric acid groups is 1. The molecule has 0 aromatic carbocycles. The van der Waals surface area contributed by atoms with E-state index < -0.39 is 7.82 Å². The molecule has 0 amide bonds. The van der Waals surface area contributed by atoms with Crippen molar-refractivity contribution in [3.63, 3.8) is 0 Å². The molecule has 0 radical (unpaired) electrons. The molecule has 0 fully saturated rings. The predicted octanol–water partition coefficient (Wildman–Crippen LogP) is 4.74. The van der Waals surface area contributed by atoms with E-state index >= 15 is 0 Å². The minimum Gasteiger partial charge on any atom is -0.393 e. The van der Waals surface area contributed by atoms with Crippen LogP contribution < -0.4 is 0 Å². The highest BCUT2D eigenvalue weighted by Crippen LogP contribution is 2.50. The van der Waals surface area contributed by atoms with Gasteiger partial charge in [0, 0.05) is 15.0 Å². The molecule has 0 heterocycles. The molecule has 0 unspecified atom stereocenters. The first-order valence-electron chi connectivity index (χ1n) is 3.09. The Labute approximate surface area is 107 Å². The summed E-state index contributed by atoms with van der Waals surface area (Å²) in [5, 5.41) is 0. The van der Waals surface area contributed by atoms with Gasteiger partial charge >= 0.3 is 7.82 Å². The van der Waals surface area contributed by atoms with Crippen molar-refractivity contribution < 1.29 is 18.1 Å². The van der Waals surface area contributed by atoms with Crippen LogP contribution in [-0.2, 0) is 18.1 Å². The van der Waals surface area contributed by atoms with E-state index in [-0.39, 0.29) is 0 Å². The van der Waals surface area contributed by atoms with Gasteiger partial charge < -0.3 is 13.6 Å². The Hall–Kier alpha value is 0.290. The lowest BCUT2D eigenvalue weighted by Gasteiger charge is -2.11. The van der Waals surface area contributed by atoms with Crippen LogP contribution in [0.25, 0.3) is 0 Å². The fourth-order valence-electron chi connectivity index (χ4n) is 0.367. The van der Waals surface area contributed by atoms with Gasteiger partial charge in [-0.3, -0.25) is 0 Å². The highest BCUT2D eigenvalue weighted by molar-refractivity contribution is 9.11. The Kier molecular flexibility index (Phi) is 8.76. The van der Waals surface area contributed by atoms with Gasteiger partial charge in [-0.15, -0.1) is 0 Å². The highest BCUT2D eigenvalue weighted by Gasteiger charge is 2.27. The summed E-state index contributed by atoms with van der Waals surface area (Å²) in [5.41, 5.74) is 0. The minimum atomic E-state index is -3.62. The summed E-state index contributed by atoms with van der Waals surface area (Å²) >= 11 is 8.84. The lowest BCUT2D eigenvalue weighted by molar-refractivity contribution is 0.231. The van der Waals surface area contributed by atoms with Crippen molar-refractivity contribution in [3.05, 3.63) is 33.7 Å². The Morgan fingerprint density at radius 3 is 1.29 bits per heavy atom. The van der Waals surface area contributed by atoms with Gasteiger partial charge in [0.15, 0.2) is 0 Å². The Morgan fingerprint density at radius 1 is 0.786 bits per heavy atom. The molecule has 0 rings (SSSR count). The van der Waals surface area contributed by atoms with Crippen LogP contribution in [-0.4, -0.2) is 0 Å². The minimum absolute atomic E-state index is 1.14. The SMILES string of the molecule is O=P(O/C=C/Br)(O/C=C/Br)O/C=C/Br. The molecule has 0 bridgehead atoms. The maximum absolute atomic E-state index is 11.6. The van der Waals surface area contributed by atoms with E-state index in [1.165, 1.54) is 15.0 Å². The van der Waals surface area contributed by atoms with Crippen molar-refractivity contribution in [2.45, 2.75) is 0 Å². The molecule has 0 aliphatic rings. The first-order valence-corrected chi connectivity index (χ1v) is 7.30. The molecule has 0 N–H and O–H groups in total. The fourth-order valence-corrected chi connectivity index (χ4v) is 1.97. The van der Waals surface area contributed by atoms with Gasteiger partial charge in [-0.1, -0.05) is 47.8 Å². The van der Waals surface area contributed by atoms with E-state index in [9.17, 15) is 4.57 Å². The molecule has 4 nitrogen and oxygen atoms in total. The normalized spacial score (nSPS) is 12.8. The monoisotopic (exact) mass is 410 g/mol. The summed E-state index contributed by atoms with van der Waals surface area (Å²) in [5.74, 6) is 0. The van der Waals surface area contributed by atoms with E-state index in [1.54, 1.807) is 0 Å². The summed E-state index contributed by atoms with van der Waals surface area (Å²) in [7, 11) is -3.62. The van der Waals surface area contributed by atoms with Crippen LogP contribution in [0, 0.1) is 0 Å². The molecule has 0 atom stereocenters. The topological polar surface area (TPSA) is 44.8 Å². The quantitative estimate of drug-likeness (QED) is 0.467. The Balaban J connectivity index is 4.39. The maximum atomic E-state index is 11.6. The zero-order valence-electron chi connectivity index (χ0n) is 6.68. The second kappa shape index (κ2) is 8.59. The van der Waals surface area contributed by atoms with Crippen LogP contribution in [0.2, 0.25) is 0 Å². The van der Waals surface area contributed by atoms with Gasteiger partial charge in [-0.25, -0.2) is 0 Å². The molecule has 0 saturated carbocycles. The first kappa shape index (κ1) is 14.3. The third kappa shape index (κ3) is 6.70. The third-order valence-corrected chi connectivity index (χ3v) is 2.51. The summed E-state index contributed by atoms with van der Waals surface area (Å²) in [6.07, 6.45) is 3.43. The van der Waals surface area contributed by atoms with Crippen molar-refractivity contribution in [3.8, 4) is 0 Å². The van der Waals surface area contributed by atoms with Crippen LogP contribution in [0.5, 0.6) is 0 Å². The summed E-state index contributed by atoms with van der Waals surface area (Å²) in [4.78, 5) is 4.13. The third-order valence-electron chi connectivity index (χ3n) is 0.724.